The largest absolute Gasteiger partial charge is 0.336 e. The molecule has 2 aromatic rings. The highest BCUT2D eigenvalue weighted by molar-refractivity contribution is 7.15. The summed E-state index contributed by atoms with van der Waals surface area (Å²) in [5.74, 6) is -0.283. The molecule has 0 bridgehead atoms. The van der Waals surface area contributed by atoms with Crippen LogP contribution in [0, 0.1) is 0 Å². The molecule has 3 amide bonds. The number of aryl methyl sites for hydroxylation is 1. The van der Waals surface area contributed by atoms with Gasteiger partial charge in [0.15, 0.2) is 0 Å². The van der Waals surface area contributed by atoms with E-state index in [0.29, 0.717) is 16.4 Å². The van der Waals surface area contributed by atoms with Gasteiger partial charge >= 0.3 is 6.03 Å². The molecule has 0 aliphatic carbocycles. The van der Waals surface area contributed by atoms with Gasteiger partial charge in [-0.05, 0) is 38.5 Å². The fraction of sp³-hybridized carbons (Fsp3) is 0.444. The van der Waals surface area contributed by atoms with Crippen LogP contribution in [0.2, 0.25) is 0 Å². The van der Waals surface area contributed by atoms with Gasteiger partial charge in [0.2, 0.25) is 5.13 Å². The number of nitrogens with zero attached hydrogens (tertiary/aromatic N) is 2. The van der Waals surface area contributed by atoms with Crippen LogP contribution < -0.4 is 16.0 Å². The van der Waals surface area contributed by atoms with Crippen molar-refractivity contribution in [2.45, 2.75) is 52.5 Å². The molecule has 0 fully saturated rings. The van der Waals surface area contributed by atoms with Crippen molar-refractivity contribution in [1.29, 1.82) is 0 Å². The molecule has 3 N–H and O–H groups in total. The van der Waals surface area contributed by atoms with E-state index in [1.807, 2.05) is 13.8 Å². The number of hydrogen-bond donors (Lipinski definition) is 3. The van der Waals surface area contributed by atoms with Gasteiger partial charge < -0.3 is 10.6 Å². The molecule has 0 aliphatic rings. The fourth-order valence-corrected chi connectivity index (χ4v) is 3.04. The molecule has 1 heterocycles. The van der Waals surface area contributed by atoms with Crippen molar-refractivity contribution in [3.8, 4) is 0 Å². The number of urea groups is 1. The first-order valence-electron chi connectivity index (χ1n) is 8.79. The highest BCUT2D eigenvalue weighted by Gasteiger charge is 2.11. The molecule has 2 rings (SSSR count). The Kier molecular flexibility index (Phi) is 7.53. The third-order valence-corrected chi connectivity index (χ3v) is 4.38. The second-order valence-corrected chi connectivity index (χ2v) is 7.31. The molecule has 1 aromatic carbocycles. The van der Waals surface area contributed by atoms with Crippen molar-refractivity contribution in [1.82, 2.24) is 15.5 Å². The van der Waals surface area contributed by atoms with Crippen LogP contribution in [0.3, 0.4) is 0 Å². The summed E-state index contributed by atoms with van der Waals surface area (Å²) in [4.78, 5) is 24.2. The first-order valence-corrected chi connectivity index (χ1v) is 9.61. The molecule has 7 nitrogen and oxygen atoms in total. The molecular formula is C18H25N5O2S. The molecule has 1 aromatic heterocycles. The second-order valence-electron chi connectivity index (χ2n) is 6.25. The van der Waals surface area contributed by atoms with Crippen molar-refractivity contribution < 1.29 is 9.59 Å². The van der Waals surface area contributed by atoms with Gasteiger partial charge in [-0.1, -0.05) is 37.2 Å². The lowest BCUT2D eigenvalue weighted by Crippen LogP contribution is -2.34. The quantitative estimate of drug-likeness (QED) is 0.606. The Hall–Kier alpha value is -2.48. The lowest BCUT2D eigenvalue weighted by atomic mass is 10.2. The predicted molar refractivity (Wildman–Crippen MR) is 105 cm³/mol. The van der Waals surface area contributed by atoms with Crippen molar-refractivity contribution in [3.05, 3.63) is 34.8 Å². The minimum absolute atomic E-state index is 0.0328. The molecule has 8 heteroatoms. The first-order chi connectivity index (χ1) is 12.5. The molecule has 0 atom stereocenters. The van der Waals surface area contributed by atoms with E-state index in [2.05, 4.69) is 33.1 Å². The Morgan fingerprint density at radius 1 is 1.15 bits per heavy atom. The summed E-state index contributed by atoms with van der Waals surface area (Å²) in [7, 11) is 0. The Balaban J connectivity index is 1.95. The topological polar surface area (TPSA) is 96.0 Å². The molecule has 0 saturated carbocycles. The van der Waals surface area contributed by atoms with Crippen LogP contribution in [0.1, 0.15) is 55.4 Å². The van der Waals surface area contributed by atoms with E-state index in [1.165, 1.54) is 11.3 Å². The highest BCUT2D eigenvalue weighted by Crippen LogP contribution is 2.19. The van der Waals surface area contributed by atoms with Crippen LogP contribution in [0.15, 0.2) is 24.3 Å². The molecule has 0 radical (unpaired) electrons. The number of hydrogen-bond acceptors (Lipinski definition) is 5. The second kappa shape index (κ2) is 9.86. The van der Waals surface area contributed by atoms with Crippen molar-refractivity contribution in [2.24, 2.45) is 0 Å². The van der Waals surface area contributed by atoms with E-state index in [-0.39, 0.29) is 18.0 Å². The summed E-state index contributed by atoms with van der Waals surface area (Å²) in [6, 6.07) is 6.48. The molecule has 140 valence electrons. The summed E-state index contributed by atoms with van der Waals surface area (Å²) in [5, 5.41) is 17.7. The zero-order valence-electron chi connectivity index (χ0n) is 15.3. The molecule has 0 saturated heterocycles. The molecule has 26 heavy (non-hydrogen) atoms. The van der Waals surface area contributed by atoms with E-state index in [9.17, 15) is 9.59 Å². The van der Waals surface area contributed by atoms with E-state index >= 15 is 0 Å². The third-order valence-electron chi connectivity index (χ3n) is 3.48. The normalized spacial score (nSPS) is 10.6. The van der Waals surface area contributed by atoms with Gasteiger partial charge in [-0.25, -0.2) is 4.79 Å². The number of unbranched alkanes of at least 4 members (excludes halogenated alkanes) is 2. The van der Waals surface area contributed by atoms with E-state index in [0.717, 1.165) is 30.7 Å². The van der Waals surface area contributed by atoms with Crippen molar-refractivity contribution in [2.75, 3.05) is 10.6 Å². The third kappa shape index (κ3) is 6.44. The molecule has 0 spiro atoms. The van der Waals surface area contributed by atoms with Crippen molar-refractivity contribution >= 4 is 34.1 Å². The average molecular weight is 375 g/mol. The van der Waals surface area contributed by atoms with Crippen LogP contribution in [0.5, 0.6) is 0 Å². The number of aromatic nitrogens is 2. The number of rotatable bonds is 8. The van der Waals surface area contributed by atoms with Crippen molar-refractivity contribution in [3.63, 3.8) is 0 Å². The number of carbonyl (C=O) groups is 2. The SMILES string of the molecule is CCCCCc1nnc(NC(=O)c2cccc(NC(=O)NC(C)C)c2)s1. The van der Waals surface area contributed by atoms with Crippen LogP contribution in [-0.2, 0) is 6.42 Å². The van der Waals surface area contributed by atoms with Gasteiger partial charge in [-0.2, -0.15) is 0 Å². The van der Waals surface area contributed by atoms with Crippen LogP contribution in [-0.4, -0.2) is 28.2 Å². The standard InChI is InChI=1S/C18H25N5O2S/c1-4-5-6-10-15-22-23-18(26-15)21-16(24)13-8-7-9-14(11-13)20-17(25)19-12(2)3/h7-9,11-12H,4-6,10H2,1-3H3,(H2,19,20,25)(H,21,23,24). The zero-order valence-corrected chi connectivity index (χ0v) is 16.2. The van der Waals surface area contributed by atoms with Crippen LogP contribution in [0.4, 0.5) is 15.6 Å². The summed E-state index contributed by atoms with van der Waals surface area (Å²) in [6.07, 6.45) is 4.27. The van der Waals surface area contributed by atoms with E-state index in [1.54, 1.807) is 24.3 Å². The maximum absolute atomic E-state index is 12.4. The average Bonchev–Trinajstić information content (AvgIpc) is 3.02. The van der Waals surface area contributed by atoms with Crippen LogP contribution >= 0.6 is 11.3 Å². The van der Waals surface area contributed by atoms with Gasteiger partial charge in [0.1, 0.15) is 5.01 Å². The Morgan fingerprint density at radius 3 is 2.69 bits per heavy atom. The van der Waals surface area contributed by atoms with Gasteiger partial charge in [-0.3, -0.25) is 10.1 Å². The number of nitrogens with one attached hydrogen (secondary N) is 3. The molecule has 0 aliphatic heterocycles. The Labute approximate surface area is 157 Å². The minimum atomic E-state index is -0.307. The summed E-state index contributed by atoms with van der Waals surface area (Å²) >= 11 is 1.39. The van der Waals surface area contributed by atoms with Gasteiger partial charge in [-0.15, -0.1) is 10.2 Å². The number of anilines is 2. The highest BCUT2D eigenvalue weighted by atomic mass is 32.1. The first kappa shape index (κ1) is 19.8. The summed E-state index contributed by atoms with van der Waals surface area (Å²) in [5.41, 5.74) is 0.989. The van der Waals surface area contributed by atoms with Gasteiger partial charge in [0, 0.05) is 23.7 Å². The zero-order chi connectivity index (χ0) is 18.9. The maximum Gasteiger partial charge on any atom is 0.319 e. The van der Waals surface area contributed by atoms with E-state index < -0.39 is 0 Å². The lowest BCUT2D eigenvalue weighted by molar-refractivity contribution is 0.102. The fourth-order valence-electron chi connectivity index (χ4n) is 2.27. The molecular weight excluding hydrogens is 350 g/mol. The Morgan fingerprint density at radius 2 is 1.96 bits per heavy atom. The maximum atomic E-state index is 12.4. The summed E-state index contributed by atoms with van der Waals surface area (Å²) in [6.45, 7) is 5.91. The molecule has 0 unspecified atom stereocenters. The van der Waals surface area contributed by atoms with Gasteiger partial charge in [0.05, 0.1) is 0 Å². The smallest absolute Gasteiger partial charge is 0.319 e. The number of amides is 3. The van der Waals surface area contributed by atoms with Crippen LogP contribution in [0.25, 0.3) is 0 Å². The summed E-state index contributed by atoms with van der Waals surface area (Å²) < 4.78 is 0. The van der Waals surface area contributed by atoms with Gasteiger partial charge in [0.25, 0.3) is 5.91 Å². The van der Waals surface area contributed by atoms with E-state index in [4.69, 9.17) is 0 Å². The Bertz CT molecular complexity index is 745. The minimum Gasteiger partial charge on any atom is -0.336 e. The number of carbonyl (C=O) groups excluding carboxylic acids is 2. The predicted octanol–water partition coefficient (Wildman–Crippen LogP) is 4.05. The monoisotopic (exact) mass is 375 g/mol. The lowest BCUT2D eigenvalue weighted by Gasteiger charge is -2.10. The number of benzene rings is 1.